The van der Waals surface area contributed by atoms with E-state index in [4.69, 9.17) is 12.2 Å². The third-order valence-electron chi connectivity index (χ3n) is 7.72. The van der Waals surface area contributed by atoms with Gasteiger partial charge in [0.15, 0.2) is 5.11 Å². The SMILES string of the molecule is Cc1cc(C2C(c3ccccn3)NC(=S)N2CCC(=O)Nc2cccc3ccccc23)c(C)n1-c1ccc(F)cc1. The van der Waals surface area contributed by atoms with Crippen LogP contribution >= 0.6 is 12.2 Å². The number of nitrogens with one attached hydrogen (secondary N) is 2. The molecular weight excluding hydrogens is 533 g/mol. The van der Waals surface area contributed by atoms with Crippen LogP contribution in [0, 0.1) is 19.7 Å². The van der Waals surface area contributed by atoms with E-state index in [0.29, 0.717) is 11.7 Å². The number of benzene rings is 3. The Morgan fingerprint density at radius 2 is 1.76 bits per heavy atom. The van der Waals surface area contributed by atoms with Gasteiger partial charge in [-0.15, -0.1) is 0 Å². The molecule has 41 heavy (non-hydrogen) atoms. The molecule has 0 bridgehead atoms. The van der Waals surface area contributed by atoms with Crippen LogP contribution in [0.2, 0.25) is 0 Å². The van der Waals surface area contributed by atoms with E-state index in [-0.39, 0.29) is 30.2 Å². The van der Waals surface area contributed by atoms with E-state index < -0.39 is 0 Å². The standard InChI is InChI=1S/C33H30FN5OS/c1-21-20-27(22(2)39(21)25-15-13-24(34)14-16-25)32-31(29-11-5-6-18-35-29)37-33(41)38(32)19-17-30(40)36-28-12-7-9-23-8-3-4-10-26(23)28/h3-16,18,20,31-32H,17,19H2,1-2H3,(H,36,40)(H,37,41). The Balaban J connectivity index is 1.31. The highest BCUT2D eigenvalue weighted by molar-refractivity contribution is 7.80. The highest BCUT2D eigenvalue weighted by Gasteiger charge is 2.41. The Labute approximate surface area is 243 Å². The van der Waals surface area contributed by atoms with E-state index >= 15 is 0 Å². The zero-order valence-corrected chi connectivity index (χ0v) is 23.7. The van der Waals surface area contributed by atoms with Crippen molar-refractivity contribution in [2.75, 3.05) is 11.9 Å². The average molecular weight is 564 g/mol. The number of aryl methyl sites for hydroxylation is 1. The van der Waals surface area contributed by atoms with Crippen LogP contribution in [0.25, 0.3) is 16.5 Å². The number of carbonyl (C=O) groups excluding carboxylic acids is 1. The number of aromatic nitrogens is 2. The number of halogens is 1. The number of hydrogen-bond donors (Lipinski definition) is 2. The molecule has 6 rings (SSSR count). The molecule has 1 amide bonds. The quantitative estimate of drug-likeness (QED) is 0.214. The van der Waals surface area contributed by atoms with Gasteiger partial charge in [-0.3, -0.25) is 9.78 Å². The van der Waals surface area contributed by atoms with E-state index in [1.165, 1.54) is 12.1 Å². The first-order chi connectivity index (χ1) is 19.9. The number of hydrogen-bond acceptors (Lipinski definition) is 3. The molecule has 2 aromatic heterocycles. The molecule has 3 heterocycles. The molecule has 8 heteroatoms. The molecular formula is C33H30FN5OS. The fourth-order valence-corrected chi connectivity index (χ4v) is 6.16. The van der Waals surface area contributed by atoms with Gasteiger partial charge in [0.2, 0.25) is 5.91 Å². The van der Waals surface area contributed by atoms with Gasteiger partial charge < -0.3 is 20.1 Å². The summed E-state index contributed by atoms with van der Waals surface area (Å²) in [6, 6.07) is 28.0. The molecule has 1 aliphatic rings. The van der Waals surface area contributed by atoms with Crippen LogP contribution in [0.3, 0.4) is 0 Å². The molecule has 0 radical (unpaired) electrons. The first kappa shape index (κ1) is 26.7. The molecule has 2 unspecified atom stereocenters. The number of nitrogens with zero attached hydrogens (tertiary/aromatic N) is 3. The molecule has 0 saturated carbocycles. The van der Waals surface area contributed by atoms with Crippen LogP contribution in [0.1, 0.15) is 41.1 Å². The van der Waals surface area contributed by atoms with Crippen LogP contribution in [-0.4, -0.2) is 32.0 Å². The fourth-order valence-electron chi connectivity index (χ4n) is 5.83. The number of pyridine rings is 1. The zero-order chi connectivity index (χ0) is 28.5. The minimum absolute atomic E-state index is 0.0824. The van der Waals surface area contributed by atoms with Gasteiger partial charge in [-0.2, -0.15) is 0 Å². The molecule has 206 valence electrons. The number of thiocarbonyl (C=S) groups is 1. The lowest BCUT2D eigenvalue weighted by atomic mass is 9.96. The molecule has 5 aromatic rings. The summed E-state index contributed by atoms with van der Waals surface area (Å²) in [5.74, 6) is -0.356. The van der Waals surface area contributed by atoms with Gasteiger partial charge in [0, 0.05) is 47.3 Å². The van der Waals surface area contributed by atoms with Crippen LogP contribution in [0.5, 0.6) is 0 Å². The monoisotopic (exact) mass is 563 g/mol. The lowest BCUT2D eigenvalue weighted by molar-refractivity contribution is -0.116. The third-order valence-corrected chi connectivity index (χ3v) is 8.07. The summed E-state index contributed by atoms with van der Waals surface area (Å²) in [7, 11) is 0. The van der Waals surface area contributed by atoms with E-state index in [2.05, 4.69) is 38.1 Å². The van der Waals surface area contributed by atoms with Gasteiger partial charge >= 0.3 is 0 Å². The highest BCUT2D eigenvalue weighted by atomic mass is 32.1. The number of carbonyl (C=O) groups is 1. The predicted octanol–water partition coefficient (Wildman–Crippen LogP) is 6.78. The first-order valence-corrected chi connectivity index (χ1v) is 14.0. The largest absolute Gasteiger partial charge is 0.352 e. The fraction of sp³-hybridized carbons (Fsp3) is 0.182. The molecule has 1 aliphatic heterocycles. The number of amides is 1. The van der Waals surface area contributed by atoms with E-state index in [1.807, 2.05) is 67.6 Å². The maximum absolute atomic E-state index is 13.7. The lowest BCUT2D eigenvalue weighted by Gasteiger charge is -2.28. The second-order valence-corrected chi connectivity index (χ2v) is 10.7. The normalized spacial score (nSPS) is 16.7. The van der Waals surface area contributed by atoms with Crippen LogP contribution < -0.4 is 10.6 Å². The topological polar surface area (TPSA) is 62.2 Å². The second-order valence-electron chi connectivity index (χ2n) is 10.3. The zero-order valence-electron chi connectivity index (χ0n) is 22.8. The summed E-state index contributed by atoms with van der Waals surface area (Å²) in [6.07, 6.45) is 2.03. The Bertz CT molecular complexity index is 1730. The van der Waals surface area contributed by atoms with Crippen LogP contribution in [0.15, 0.2) is 97.2 Å². The van der Waals surface area contributed by atoms with E-state index in [9.17, 15) is 9.18 Å². The summed E-state index contributed by atoms with van der Waals surface area (Å²) in [6.45, 7) is 4.53. The Morgan fingerprint density at radius 3 is 2.54 bits per heavy atom. The van der Waals surface area contributed by atoms with Gasteiger partial charge in [-0.05, 0) is 85.5 Å². The minimum Gasteiger partial charge on any atom is -0.352 e. The van der Waals surface area contributed by atoms with Crippen molar-refractivity contribution in [3.63, 3.8) is 0 Å². The third kappa shape index (κ3) is 5.18. The number of anilines is 1. The Morgan fingerprint density at radius 1 is 1.00 bits per heavy atom. The van der Waals surface area contributed by atoms with Crippen molar-refractivity contribution < 1.29 is 9.18 Å². The smallest absolute Gasteiger partial charge is 0.226 e. The van der Waals surface area contributed by atoms with Crippen LogP contribution in [-0.2, 0) is 4.79 Å². The Kier molecular flexibility index (Phi) is 7.24. The molecule has 1 saturated heterocycles. The molecule has 2 N–H and O–H groups in total. The minimum atomic E-state index is -0.273. The molecule has 1 fully saturated rings. The average Bonchev–Trinajstić information content (AvgIpc) is 3.47. The summed E-state index contributed by atoms with van der Waals surface area (Å²) in [4.78, 5) is 19.9. The van der Waals surface area contributed by atoms with Crippen molar-refractivity contribution in [2.24, 2.45) is 0 Å². The highest BCUT2D eigenvalue weighted by Crippen LogP contribution is 2.41. The van der Waals surface area contributed by atoms with Gasteiger partial charge in [-0.25, -0.2) is 4.39 Å². The maximum atomic E-state index is 13.7. The molecule has 3 aromatic carbocycles. The molecule has 2 atom stereocenters. The molecule has 6 nitrogen and oxygen atoms in total. The number of fused-ring (bicyclic) bond motifs is 1. The maximum Gasteiger partial charge on any atom is 0.226 e. The van der Waals surface area contributed by atoms with Crippen LogP contribution in [0.4, 0.5) is 10.1 Å². The summed E-state index contributed by atoms with van der Waals surface area (Å²) >= 11 is 5.84. The summed E-state index contributed by atoms with van der Waals surface area (Å²) < 4.78 is 15.8. The van der Waals surface area contributed by atoms with E-state index in [1.54, 1.807) is 18.3 Å². The van der Waals surface area contributed by atoms with Gasteiger partial charge in [0.1, 0.15) is 5.82 Å². The van der Waals surface area contributed by atoms with Crippen molar-refractivity contribution in [1.82, 2.24) is 19.8 Å². The van der Waals surface area contributed by atoms with Gasteiger partial charge in [0.05, 0.1) is 17.8 Å². The predicted molar refractivity (Wildman–Crippen MR) is 165 cm³/mol. The van der Waals surface area contributed by atoms with Gasteiger partial charge in [-0.1, -0.05) is 42.5 Å². The summed E-state index contributed by atoms with van der Waals surface area (Å²) in [5, 5.41) is 9.23. The van der Waals surface area contributed by atoms with Crippen molar-refractivity contribution in [1.29, 1.82) is 0 Å². The Hall–Kier alpha value is -4.56. The molecule has 0 spiro atoms. The number of rotatable bonds is 7. The van der Waals surface area contributed by atoms with Gasteiger partial charge in [0.25, 0.3) is 0 Å². The van der Waals surface area contributed by atoms with Crippen molar-refractivity contribution >= 4 is 39.7 Å². The summed E-state index contributed by atoms with van der Waals surface area (Å²) in [5.41, 5.74) is 5.67. The lowest BCUT2D eigenvalue weighted by Crippen LogP contribution is -2.33. The molecule has 0 aliphatic carbocycles. The first-order valence-electron chi connectivity index (χ1n) is 13.6. The second kappa shape index (κ2) is 11.1. The van der Waals surface area contributed by atoms with Crippen molar-refractivity contribution in [2.45, 2.75) is 32.4 Å². The van der Waals surface area contributed by atoms with E-state index in [0.717, 1.165) is 44.8 Å². The van der Waals surface area contributed by atoms with Crippen molar-refractivity contribution in [3.8, 4) is 5.69 Å². The van der Waals surface area contributed by atoms with Crippen molar-refractivity contribution in [3.05, 3.63) is 126 Å².